The first-order valence-electron chi connectivity index (χ1n) is 7.21. The van der Waals surface area contributed by atoms with Crippen LogP contribution in [-0.2, 0) is 11.2 Å². The van der Waals surface area contributed by atoms with E-state index in [1.807, 2.05) is 24.3 Å². The maximum absolute atomic E-state index is 12.0. The molecular formula is C17H16N2O2S. The number of ketones is 1. The lowest BCUT2D eigenvalue weighted by Gasteiger charge is -2.15. The van der Waals surface area contributed by atoms with Gasteiger partial charge in [-0.1, -0.05) is 6.07 Å². The summed E-state index contributed by atoms with van der Waals surface area (Å²) < 4.78 is 0. The van der Waals surface area contributed by atoms with Crippen molar-refractivity contribution in [3.05, 3.63) is 53.9 Å². The third-order valence-electron chi connectivity index (χ3n) is 3.56. The highest BCUT2D eigenvalue weighted by atomic mass is 32.2. The molecule has 0 bridgehead atoms. The van der Waals surface area contributed by atoms with Gasteiger partial charge in [-0.25, -0.2) is 0 Å². The van der Waals surface area contributed by atoms with Crippen molar-refractivity contribution < 1.29 is 9.59 Å². The van der Waals surface area contributed by atoms with Gasteiger partial charge >= 0.3 is 0 Å². The zero-order valence-corrected chi connectivity index (χ0v) is 12.9. The zero-order valence-electron chi connectivity index (χ0n) is 12.0. The Morgan fingerprint density at radius 2 is 2.00 bits per heavy atom. The van der Waals surface area contributed by atoms with E-state index < -0.39 is 0 Å². The molecule has 0 spiro atoms. The summed E-state index contributed by atoms with van der Waals surface area (Å²) >= 11 is 1.46. The van der Waals surface area contributed by atoms with E-state index in [-0.39, 0.29) is 11.7 Å². The summed E-state index contributed by atoms with van der Waals surface area (Å²) in [4.78, 5) is 28.9. The molecule has 0 unspecified atom stereocenters. The average molecular weight is 312 g/mol. The average Bonchev–Trinajstić information content (AvgIpc) is 2.55. The van der Waals surface area contributed by atoms with E-state index in [9.17, 15) is 9.59 Å². The minimum absolute atomic E-state index is 0.0787. The molecule has 1 N–H and O–H groups in total. The van der Waals surface area contributed by atoms with E-state index in [2.05, 4.69) is 10.3 Å². The number of aryl methyl sites for hydroxylation is 1. The lowest BCUT2D eigenvalue weighted by atomic mass is 9.90. The van der Waals surface area contributed by atoms with Gasteiger partial charge in [-0.15, -0.1) is 11.8 Å². The van der Waals surface area contributed by atoms with Crippen LogP contribution in [0.1, 0.15) is 28.8 Å². The number of benzene rings is 1. The molecule has 3 rings (SSSR count). The van der Waals surface area contributed by atoms with Gasteiger partial charge in [0.05, 0.1) is 5.75 Å². The van der Waals surface area contributed by atoms with Crippen LogP contribution in [0.5, 0.6) is 0 Å². The van der Waals surface area contributed by atoms with Crippen LogP contribution in [0, 0.1) is 0 Å². The Morgan fingerprint density at radius 1 is 1.18 bits per heavy atom. The molecule has 1 aromatic carbocycles. The van der Waals surface area contributed by atoms with Crippen molar-refractivity contribution in [3.8, 4) is 0 Å². The topological polar surface area (TPSA) is 59.1 Å². The maximum atomic E-state index is 12.0. The smallest absolute Gasteiger partial charge is 0.234 e. The number of hydrogen-bond donors (Lipinski definition) is 1. The van der Waals surface area contributed by atoms with Crippen LogP contribution in [0.2, 0.25) is 0 Å². The largest absolute Gasteiger partial charge is 0.325 e. The van der Waals surface area contributed by atoms with Crippen LogP contribution >= 0.6 is 11.8 Å². The Balaban J connectivity index is 1.62. The number of amides is 1. The molecule has 0 fully saturated rings. The Hall–Kier alpha value is -2.14. The highest BCUT2D eigenvalue weighted by Gasteiger charge is 2.17. The number of hydrogen-bond acceptors (Lipinski definition) is 4. The van der Waals surface area contributed by atoms with Crippen molar-refractivity contribution in [1.29, 1.82) is 0 Å². The second kappa shape index (κ2) is 6.75. The van der Waals surface area contributed by atoms with Crippen LogP contribution in [-0.4, -0.2) is 22.4 Å². The standard InChI is InChI=1S/C17H16N2O2S/c20-16-3-1-2-12-4-5-13(10-15(12)16)19-17(21)11-22-14-6-8-18-9-7-14/h4-10H,1-3,11H2,(H,19,21). The normalized spacial score (nSPS) is 13.5. The fourth-order valence-corrected chi connectivity index (χ4v) is 3.17. The Kier molecular flexibility index (Phi) is 4.53. The molecule has 0 saturated carbocycles. The Labute approximate surface area is 133 Å². The fraction of sp³-hybridized carbons (Fsp3) is 0.235. The predicted octanol–water partition coefficient (Wildman–Crippen LogP) is 3.33. The predicted molar refractivity (Wildman–Crippen MR) is 87.3 cm³/mol. The number of Topliss-reactive ketones (excluding diaryl/α,β-unsaturated/α-hetero) is 1. The van der Waals surface area contributed by atoms with E-state index >= 15 is 0 Å². The van der Waals surface area contributed by atoms with E-state index in [4.69, 9.17) is 0 Å². The number of nitrogens with zero attached hydrogens (tertiary/aromatic N) is 1. The third kappa shape index (κ3) is 3.54. The lowest BCUT2D eigenvalue weighted by Crippen LogP contribution is -2.16. The van der Waals surface area contributed by atoms with Crippen molar-refractivity contribution >= 4 is 29.1 Å². The number of pyridine rings is 1. The van der Waals surface area contributed by atoms with Gasteiger partial charge in [0.2, 0.25) is 5.91 Å². The molecule has 2 aromatic rings. The molecule has 0 aliphatic heterocycles. The fourth-order valence-electron chi connectivity index (χ4n) is 2.49. The number of carbonyl (C=O) groups excluding carboxylic acids is 2. The number of thioether (sulfide) groups is 1. The van der Waals surface area contributed by atoms with Crippen LogP contribution in [0.25, 0.3) is 0 Å². The highest BCUT2D eigenvalue weighted by Crippen LogP contribution is 2.24. The van der Waals surface area contributed by atoms with Crippen molar-refractivity contribution in [2.45, 2.75) is 24.2 Å². The van der Waals surface area contributed by atoms with E-state index in [1.165, 1.54) is 11.8 Å². The van der Waals surface area contributed by atoms with Crippen molar-refractivity contribution in [3.63, 3.8) is 0 Å². The molecule has 1 aromatic heterocycles. The van der Waals surface area contributed by atoms with Gasteiger partial charge in [-0.3, -0.25) is 14.6 Å². The molecule has 112 valence electrons. The van der Waals surface area contributed by atoms with Crippen molar-refractivity contribution in [2.75, 3.05) is 11.1 Å². The Bertz CT molecular complexity index is 701. The minimum Gasteiger partial charge on any atom is -0.325 e. The summed E-state index contributed by atoms with van der Waals surface area (Å²) in [6.45, 7) is 0. The van der Waals surface area contributed by atoms with Gasteiger partial charge in [0.25, 0.3) is 0 Å². The van der Waals surface area contributed by atoms with Gasteiger partial charge in [0, 0.05) is 35.0 Å². The first kappa shape index (κ1) is 14.8. The molecule has 5 heteroatoms. The van der Waals surface area contributed by atoms with Gasteiger partial charge in [0.1, 0.15) is 0 Å². The number of fused-ring (bicyclic) bond motifs is 1. The summed E-state index contributed by atoms with van der Waals surface area (Å²) in [5, 5.41) is 2.86. The van der Waals surface area contributed by atoms with Gasteiger partial charge in [0.15, 0.2) is 5.78 Å². The summed E-state index contributed by atoms with van der Waals surface area (Å²) in [5.74, 6) is 0.420. The third-order valence-corrected chi connectivity index (χ3v) is 4.58. The minimum atomic E-state index is -0.0787. The monoisotopic (exact) mass is 312 g/mol. The molecule has 0 saturated heterocycles. The molecule has 22 heavy (non-hydrogen) atoms. The first-order chi connectivity index (χ1) is 10.7. The number of nitrogens with one attached hydrogen (secondary N) is 1. The summed E-state index contributed by atoms with van der Waals surface area (Å²) in [6, 6.07) is 9.35. The van der Waals surface area contributed by atoms with Crippen LogP contribution in [0.3, 0.4) is 0 Å². The highest BCUT2D eigenvalue weighted by molar-refractivity contribution is 8.00. The number of rotatable bonds is 4. The van der Waals surface area contributed by atoms with Crippen LogP contribution < -0.4 is 5.32 Å². The van der Waals surface area contributed by atoms with Crippen molar-refractivity contribution in [2.24, 2.45) is 0 Å². The first-order valence-corrected chi connectivity index (χ1v) is 8.20. The zero-order chi connectivity index (χ0) is 15.4. The summed E-state index contributed by atoms with van der Waals surface area (Å²) in [5.41, 5.74) is 2.53. The molecule has 1 heterocycles. The van der Waals surface area contributed by atoms with Gasteiger partial charge in [-0.2, -0.15) is 0 Å². The molecule has 0 atom stereocenters. The lowest BCUT2D eigenvalue weighted by molar-refractivity contribution is -0.113. The van der Waals surface area contributed by atoms with Gasteiger partial charge in [-0.05, 0) is 42.7 Å². The second-order valence-electron chi connectivity index (χ2n) is 5.17. The summed E-state index contributed by atoms with van der Waals surface area (Å²) in [7, 11) is 0. The molecule has 0 radical (unpaired) electrons. The number of anilines is 1. The van der Waals surface area contributed by atoms with E-state index in [0.717, 1.165) is 28.9 Å². The van der Waals surface area contributed by atoms with Crippen LogP contribution in [0.4, 0.5) is 5.69 Å². The van der Waals surface area contributed by atoms with Crippen LogP contribution in [0.15, 0.2) is 47.6 Å². The second-order valence-corrected chi connectivity index (χ2v) is 6.22. The van der Waals surface area contributed by atoms with E-state index in [0.29, 0.717) is 17.9 Å². The number of aromatic nitrogens is 1. The summed E-state index contributed by atoms with van der Waals surface area (Å²) in [6.07, 6.45) is 5.86. The Morgan fingerprint density at radius 3 is 2.82 bits per heavy atom. The van der Waals surface area contributed by atoms with Gasteiger partial charge < -0.3 is 5.32 Å². The van der Waals surface area contributed by atoms with Crippen molar-refractivity contribution in [1.82, 2.24) is 4.98 Å². The van der Waals surface area contributed by atoms with E-state index in [1.54, 1.807) is 18.5 Å². The molecule has 1 aliphatic carbocycles. The molecule has 4 nitrogen and oxygen atoms in total. The number of carbonyl (C=O) groups is 2. The molecule has 1 aliphatic rings. The molecular weight excluding hydrogens is 296 g/mol. The quantitative estimate of drug-likeness (QED) is 0.880. The SMILES string of the molecule is O=C(CSc1ccncc1)Nc1ccc2c(c1)C(=O)CCC2. The molecule has 1 amide bonds. The maximum Gasteiger partial charge on any atom is 0.234 e.